The smallest absolute Gasteiger partial charge is 0.248 e. The standard InChI is InChI=1S/C13H22N2O3/c1-9(2)13(16)15(5)18-7-6-10(3)12-14-11(4)8-17-12/h8-10H,6-7H2,1-5H3. The van der Waals surface area contributed by atoms with Crippen LogP contribution in [0.1, 0.15) is 44.7 Å². The van der Waals surface area contributed by atoms with Crippen LogP contribution >= 0.6 is 0 Å². The number of amides is 1. The molecular weight excluding hydrogens is 232 g/mol. The van der Waals surface area contributed by atoms with Gasteiger partial charge in [-0.3, -0.25) is 9.63 Å². The fourth-order valence-corrected chi connectivity index (χ4v) is 1.52. The first-order valence-electron chi connectivity index (χ1n) is 6.24. The molecule has 1 heterocycles. The van der Waals surface area contributed by atoms with E-state index in [1.807, 2.05) is 27.7 Å². The molecule has 0 aliphatic heterocycles. The molecule has 0 N–H and O–H groups in total. The number of aromatic nitrogens is 1. The van der Waals surface area contributed by atoms with Crippen molar-refractivity contribution in [3.8, 4) is 0 Å². The maximum Gasteiger partial charge on any atom is 0.248 e. The van der Waals surface area contributed by atoms with E-state index in [0.717, 1.165) is 12.1 Å². The van der Waals surface area contributed by atoms with Crippen molar-refractivity contribution in [2.45, 2.75) is 40.0 Å². The van der Waals surface area contributed by atoms with Gasteiger partial charge in [0.05, 0.1) is 12.3 Å². The summed E-state index contributed by atoms with van der Waals surface area (Å²) < 4.78 is 5.32. The molecule has 0 bridgehead atoms. The second kappa shape index (κ2) is 6.54. The molecule has 5 heteroatoms. The summed E-state index contributed by atoms with van der Waals surface area (Å²) in [5, 5.41) is 1.30. The highest BCUT2D eigenvalue weighted by Gasteiger charge is 2.15. The molecule has 0 saturated heterocycles. The van der Waals surface area contributed by atoms with Crippen molar-refractivity contribution in [1.29, 1.82) is 0 Å². The number of nitrogens with zero attached hydrogens (tertiary/aromatic N) is 2. The summed E-state index contributed by atoms with van der Waals surface area (Å²) in [6.07, 6.45) is 2.40. The van der Waals surface area contributed by atoms with Crippen LogP contribution in [0.25, 0.3) is 0 Å². The van der Waals surface area contributed by atoms with Gasteiger partial charge in [-0.05, 0) is 13.3 Å². The van der Waals surface area contributed by atoms with E-state index in [9.17, 15) is 4.79 Å². The van der Waals surface area contributed by atoms with Gasteiger partial charge >= 0.3 is 0 Å². The largest absolute Gasteiger partial charge is 0.448 e. The number of carbonyl (C=O) groups excluding carboxylic acids is 1. The highest BCUT2D eigenvalue weighted by Crippen LogP contribution is 2.18. The van der Waals surface area contributed by atoms with Gasteiger partial charge in [0.2, 0.25) is 5.91 Å². The van der Waals surface area contributed by atoms with Gasteiger partial charge in [0.15, 0.2) is 5.89 Å². The molecule has 0 aliphatic carbocycles. The second-order valence-corrected chi connectivity index (χ2v) is 4.84. The zero-order valence-electron chi connectivity index (χ0n) is 11.8. The molecule has 1 amide bonds. The Labute approximate surface area is 108 Å². The normalized spacial score (nSPS) is 12.8. The van der Waals surface area contributed by atoms with Crippen LogP contribution in [0, 0.1) is 12.8 Å². The summed E-state index contributed by atoms with van der Waals surface area (Å²) in [5.74, 6) is 0.826. The van der Waals surface area contributed by atoms with E-state index in [4.69, 9.17) is 9.25 Å². The molecule has 1 rings (SSSR count). The first-order chi connectivity index (χ1) is 8.41. The Hall–Kier alpha value is -1.36. The average Bonchev–Trinajstić information content (AvgIpc) is 2.74. The van der Waals surface area contributed by atoms with E-state index in [0.29, 0.717) is 12.5 Å². The summed E-state index contributed by atoms with van der Waals surface area (Å²) in [6, 6.07) is 0. The molecule has 1 atom stereocenters. The van der Waals surface area contributed by atoms with Crippen LogP contribution in [0.3, 0.4) is 0 Å². The Morgan fingerprint density at radius 2 is 2.17 bits per heavy atom. The van der Waals surface area contributed by atoms with Gasteiger partial charge in [0, 0.05) is 18.9 Å². The lowest BCUT2D eigenvalue weighted by atomic mass is 10.1. The fourth-order valence-electron chi connectivity index (χ4n) is 1.52. The summed E-state index contributed by atoms with van der Waals surface area (Å²) in [7, 11) is 1.64. The maximum atomic E-state index is 11.6. The summed E-state index contributed by atoms with van der Waals surface area (Å²) >= 11 is 0. The molecule has 0 saturated carbocycles. The SMILES string of the molecule is Cc1coc(C(C)CCON(C)C(=O)C(C)C)n1. The molecule has 0 spiro atoms. The van der Waals surface area contributed by atoms with E-state index >= 15 is 0 Å². The Morgan fingerprint density at radius 1 is 1.50 bits per heavy atom. The molecule has 102 valence electrons. The van der Waals surface area contributed by atoms with Gasteiger partial charge in [-0.1, -0.05) is 20.8 Å². The number of hydroxylamine groups is 2. The van der Waals surface area contributed by atoms with Crippen molar-refractivity contribution < 1.29 is 14.0 Å². The molecule has 1 aromatic heterocycles. The number of rotatable bonds is 6. The van der Waals surface area contributed by atoms with Crippen molar-refractivity contribution in [3.05, 3.63) is 17.8 Å². The third-order valence-corrected chi connectivity index (χ3v) is 2.70. The molecular formula is C13H22N2O3. The molecule has 0 aromatic carbocycles. The van der Waals surface area contributed by atoms with Crippen molar-refractivity contribution >= 4 is 5.91 Å². The molecule has 5 nitrogen and oxygen atoms in total. The number of hydrogen-bond donors (Lipinski definition) is 0. The molecule has 0 aliphatic rings. The number of hydrogen-bond acceptors (Lipinski definition) is 4. The third-order valence-electron chi connectivity index (χ3n) is 2.70. The van der Waals surface area contributed by atoms with Crippen LogP contribution in [0.15, 0.2) is 10.7 Å². The number of aryl methyl sites for hydroxylation is 1. The van der Waals surface area contributed by atoms with Gasteiger partial charge in [-0.15, -0.1) is 0 Å². The van der Waals surface area contributed by atoms with E-state index in [1.165, 1.54) is 5.06 Å². The van der Waals surface area contributed by atoms with Crippen LogP contribution in [0.2, 0.25) is 0 Å². The van der Waals surface area contributed by atoms with Crippen molar-refractivity contribution in [2.75, 3.05) is 13.7 Å². The van der Waals surface area contributed by atoms with Crippen molar-refractivity contribution in [3.63, 3.8) is 0 Å². The predicted molar refractivity (Wildman–Crippen MR) is 67.8 cm³/mol. The lowest BCUT2D eigenvalue weighted by Crippen LogP contribution is -2.31. The fraction of sp³-hybridized carbons (Fsp3) is 0.692. The third kappa shape index (κ3) is 4.14. The minimum absolute atomic E-state index is 0.0189. The van der Waals surface area contributed by atoms with Crippen molar-refractivity contribution in [2.24, 2.45) is 5.92 Å². The van der Waals surface area contributed by atoms with Gasteiger partial charge < -0.3 is 4.42 Å². The second-order valence-electron chi connectivity index (χ2n) is 4.84. The Morgan fingerprint density at radius 3 is 2.67 bits per heavy atom. The molecule has 0 fully saturated rings. The van der Waals surface area contributed by atoms with Gasteiger partial charge in [-0.2, -0.15) is 0 Å². The zero-order chi connectivity index (χ0) is 13.7. The van der Waals surface area contributed by atoms with Crippen molar-refractivity contribution in [1.82, 2.24) is 10.0 Å². The summed E-state index contributed by atoms with van der Waals surface area (Å²) in [6.45, 7) is 8.09. The first kappa shape index (κ1) is 14.7. The summed E-state index contributed by atoms with van der Waals surface area (Å²) in [5.41, 5.74) is 0.880. The minimum Gasteiger partial charge on any atom is -0.448 e. The van der Waals surface area contributed by atoms with E-state index < -0.39 is 0 Å². The molecule has 1 unspecified atom stereocenters. The average molecular weight is 254 g/mol. The minimum atomic E-state index is -0.0539. The van der Waals surface area contributed by atoms with Crippen LogP contribution in [-0.2, 0) is 9.63 Å². The highest BCUT2D eigenvalue weighted by molar-refractivity contribution is 5.76. The number of carbonyl (C=O) groups is 1. The molecule has 1 aromatic rings. The topological polar surface area (TPSA) is 55.6 Å². The Kier molecular flexibility index (Phi) is 5.34. The molecule has 0 radical (unpaired) electrons. The lowest BCUT2D eigenvalue weighted by molar-refractivity contribution is -0.182. The highest BCUT2D eigenvalue weighted by atomic mass is 16.7. The van der Waals surface area contributed by atoms with Crippen LogP contribution in [0.5, 0.6) is 0 Å². The van der Waals surface area contributed by atoms with Crippen LogP contribution < -0.4 is 0 Å². The van der Waals surface area contributed by atoms with Crippen LogP contribution in [-0.4, -0.2) is 29.6 Å². The Balaban J connectivity index is 2.31. The lowest BCUT2D eigenvalue weighted by Gasteiger charge is -2.19. The van der Waals surface area contributed by atoms with E-state index in [2.05, 4.69) is 4.98 Å². The number of oxazole rings is 1. The van der Waals surface area contributed by atoms with E-state index in [1.54, 1.807) is 13.3 Å². The predicted octanol–water partition coefficient (Wildman–Crippen LogP) is 2.52. The van der Waals surface area contributed by atoms with Crippen LogP contribution in [0.4, 0.5) is 0 Å². The van der Waals surface area contributed by atoms with E-state index in [-0.39, 0.29) is 17.7 Å². The van der Waals surface area contributed by atoms with Gasteiger partial charge in [-0.25, -0.2) is 10.0 Å². The quantitative estimate of drug-likeness (QED) is 0.732. The Bertz CT molecular complexity index is 387. The monoisotopic (exact) mass is 254 g/mol. The summed E-state index contributed by atoms with van der Waals surface area (Å²) in [4.78, 5) is 21.2. The first-order valence-corrected chi connectivity index (χ1v) is 6.24. The van der Waals surface area contributed by atoms with Gasteiger partial charge in [0.25, 0.3) is 0 Å². The van der Waals surface area contributed by atoms with Gasteiger partial charge in [0.1, 0.15) is 6.26 Å². The molecule has 18 heavy (non-hydrogen) atoms. The zero-order valence-corrected chi connectivity index (χ0v) is 11.8. The maximum absolute atomic E-state index is 11.6.